The Bertz CT molecular complexity index is 332. The molecule has 1 fully saturated rings. The largest absolute Gasteiger partial charge is 0.481 e. The maximum absolute atomic E-state index is 11.5. The van der Waals surface area contributed by atoms with Crippen LogP contribution in [0.15, 0.2) is 0 Å². The highest BCUT2D eigenvalue weighted by Crippen LogP contribution is 2.15. The van der Waals surface area contributed by atoms with Crippen LogP contribution in [0.1, 0.15) is 19.8 Å². The Balaban J connectivity index is 2.35. The number of rotatable bonds is 4. The van der Waals surface area contributed by atoms with Gasteiger partial charge in [0.25, 0.3) is 0 Å². The standard InChI is InChI=1S/C11H19N3O4/c1-2-12-11(18)13-9(15)7-14-5-3-4-8(6-14)10(16)17/h8H,2-7H2,1H3,(H,16,17)(H2,12,13,15,18). The Labute approximate surface area is 106 Å². The lowest BCUT2D eigenvalue weighted by Crippen LogP contribution is -2.47. The van der Waals surface area contributed by atoms with Crippen molar-refractivity contribution in [3.05, 3.63) is 0 Å². The number of urea groups is 1. The summed E-state index contributed by atoms with van der Waals surface area (Å²) in [4.78, 5) is 35.2. The maximum Gasteiger partial charge on any atom is 0.321 e. The molecule has 3 amide bonds. The van der Waals surface area contributed by atoms with Gasteiger partial charge >= 0.3 is 12.0 Å². The summed E-state index contributed by atoms with van der Waals surface area (Å²) in [6.07, 6.45) is 1.40. The third-order valence-electron chi connectivity index (χ3n) is 2.81. The lowest BCUT2D eigenvalue weighted by molar-refractivity contribution is -0.144. The molecule has 0 saturated carbocycles. The molecule has 0 radical (unpaired) electrons. The summed E-state index contributed by atoms with van der Waals surface area (Å²) < 4.78 is 0. The molecule has 1 atom stereocenters. The van der Waals surface area contributed by atoms with Gasteiger partial charge in [0.1, 0.15) is 0 Å². The molecule has 1 aliphatic heterocycles. The Morgan fingerprint density at radius 2 is 2.11 bits per heavy atom. The highest BCUT2D eigenvalue weighted by Gasteiger charge is 2.26. The minimum atomic E-state index is -0.830. The van der Waals surface area contributed by atoms with Crippen LogP contribution in [-0.2, 0) is 9.59 Å². The molecule has 1 rings (SSSR count). The van der Waals surface area contributed by atoms with E-state index >= 15 is 0 Å². The number of carboxylic acids is 1. The normalized spacial score (nSPS) is 20.2. The average Bonchev–Trinajstić information content (AvgIpc) is 2.29. The predicted molar refractivity (Wildman–Crippen MR) is 64.0 cm³/mol. The van der Waals surface area contributed by atoms with Gasteiger partial charge in [-0.1, -0.05) is 0 Å². The number of imide groups is 1. The SMILES string of the molecule is CCNC(=O)NC(=O)CN1CCCC(C(=O)O)C1. The van der Waals surface area contributed by atoms with Crippen molar-refractivity contribution < 1.29 is 19.5 Å². The highest BCUT2D eigenvalue weighted by atomic mass is 16.4. The van der Waals surface area contributed by atoms with Crippen molar-refractivity contribution in [2.24, 2.45) is 5.92 Å². The Hall–Kier alpha value is -1.63. The number of aliphatic carboxylic acids is 1. The summed E-state index contributed by atoms with van der Waals surface area (Å²) >= 11 is 0. The van der Waals surface area contributed by atoms with E-state index in [0.717, 1.165) is 6.42 Å². The number of nitrogens with zero attached hydrogens (tertiary/aromatic N) is 1. The molecule has 7 heteroatoms. The molecular formula is C11H19N3O4. The molecule has 3 N–H and O–H groups in total. The van der Waals surface area contributed by atoms with E-state index in [2.05, 4.69) is 10.6 Å². The molecule has 18 heavy (non-hydrogen) atoms. The van der Waals surface area contributed by atoms with E-state index in [1.54, 1.807) is 11.8 Å². The first-order chi connectivity index (χ1) is 8.52. The van der Waals surface area contributed by atoms with Gasteiger partial charge in [0.05, 0.1) is 12.5 Å². The zero-order valence-corrected chi connectivity index (χ0v) is 10.4. The first-order valence-corrected chi connectivity index (χ1v) is 6.05. The van der Waals surface area contributed by atoms with E-state index in [-0.39, 0.29) is 6.54 Å². The number of carbonyl (C=O) groups is 3. The van der Waals surface area contributed by atoms with Crippen LogP contribution in [0.25, 0.3) is 0 Å². The number of carboxylic acid groups (broad SMARTS) is 1. The van der Waals surface area contributed by atoms with Crippen molar-refractivity contribution in [3.8, 4) is 0 Å². The quantitative estimate of drug-likeness (QED) is 0.638. The topological polar surface area (TPSA) is 98.7 Å². The zero-order chi connectivity index (χ0) is 13.5. The van der Waals surface area contributed by atoms with Crippen molar-refractivity contribution in [1.82, 2.24) is 15.5 Å². The number of piperidine rings is 1. The molecule has 0 aromatic carbocycles. The molecule has 0 bridgehead atoms. The van der Waals surface area contributed by atoms with Gasteiger partial charge in [-0.2, -0.15) is 0 Å². The van der Waals surface area contributed by atoms with Crippen molar-refractivity contribution in [3.63, 3.8) is 0 Å². The van der Waals surface area contributed by atoms with Gasteiger partial charge in [0, 0.05) is 13.1 Å². The van der Waals surface area contributed by atoms with Gasteiger partial charge in [-0.05, 0) is 26.3 Å². The minimum absolute atomic E-state index is 0.0565. The summed E-state index contributed by atoms with van der Waals surface area (Å²) in [6, 6.07) is -0.519. The second kappa shape index (κ2) is 6.95. The molecule has 1 unspecified atom stereocenters. The van der Waals surface area contributed by atoms with Crippen LogP contribution in [0.2, 0.25) is 0 Å². The predicted octanol–water partition coefficient (Wildman–Crippen LogP) is -0.371. The first kappa shape index (κ1) is 14.4. The van der Waals surface area contributed by atoms with Crippen LogP contribution in [0.3, 0.4) is 0 Å². The third-order valence-corrected chi connectivity index (χ3v) is 2.81. The summed E-state index contributed by atoms with van der Waals surface area (Å²) in [5, 5.41) is 13.6. The smallest absolute Gasteiger partial charge is 0.321 e. The van der Waals surface area contributed by atoms with Gasteiger partial charge in [-0.15, -0.1) is 0 Å². The van der Waals surface area contributed by atoms with Gasteiger partial charge in [-0.25, -0.2) is 4.79 Å². The summed E-state index contributed by atoms with van der Waals surface area (Å²) in [6.45, 7) is 3.31. The fourth-order valence-electron chi connectivity index (χ4n) is 1.97. The number of hydrogen-bond acceptors (Lipinski definition) is 4. The average molecular weight is 257 g/mol. The number of amides is 3. The fraction of sp³-hybridized carbons (Fsp3) is 0.727. The Morgan fingerprint density at radius 3 is 2.72 bits per heavy atom. The van der Waals surface area contributed by atoms with Crippen LogP contribution < -0.4 is 10.6 Å². The number of carbonyl (C=O) groups excluding carboxylic acids is 2. The second-order valence-corrected chi connectivity index (χ2v) is 4.32. The Kier molecular flexibility index (Phi) is 5.57. The molecular weight excluding hydrogens is 238 g/mol. The lowest BCUT2D eigenvalue weighted by atomic mass is 9.98. The van der Waals surface area contributed by atoms with Crippen LogP contribution in [0.4, 0.5) is 4.79 Å². The lowest BCUT2D eigenvalue weighted by Gasteiger charge is -2.29. The Morgan fingerprint density at radius 1 is 1.39 bits per heavy atom. The molecule has 7 nitrogen and oxygen atoms in total. The zero-order valence-electron chi connectivity index (χ0n) is 10.4. The summed E-state index contributed by atoms with van der Waals surface area (Å²) in [5.74, 6) is -1.66. The number of likely N-dealkylation sites (tertiary alicyclic amines) is 1. The van der Waals surface area contributed by atoms with E-state index in [1.165, 1.54) is 0 Å². The molecule has 0 aliphatic carbocycles. The molecule has 0 aromatic rings. The van der Waals surface area contributed by atoms with Crippen LogP contribution >= 0.6 is 0 Å². The van der Waals surface area contributed by atoms with E-state index in [9.17, 15) is 14.4 Å². The van der Waals surface area contributed by atoms with E-state index in [1.807, 2.05) is 0 Å². The summed E-state index contributed by atoms with van der Waals surface area (Å²) in [7, 11) is 0. The monoisotopic (exact) mass is 257 g/mol. The van der Waals surface area contributed by atoms with E-state index < -0.39 is 23.8 Å². The highest BCUT2D eigenvalue weighted by molar-refractivity contribution is 5.95. The van der Waals surface area contributed by atoms with E-state index in [4.69, 9.17) is 5.11 Å². The number of hydrogen-bond donors (Lipinski definition) is 3. The maximum atomic E-state index is 11.5. The molecule has 0 spiro atoms. The summed E-state index contributed by atoms with van der Waals surface area (Å²) in [5.41, 5.74) is 0. The van der Waals surface area contributed by atoms with Gasteiger partial charge in [-0.3, -0.25) is 19.8 Å². The van der Waals surface area contributed by atoms with Crippen molar-refractivity contribution in [2.45, 2.75) is 19.8 Å². The first-order valence-electron chi connectivity index (χ1n) is 6.05. The fourth-order valence-corrected chi connectivity index (χ4v) is 1.97. The number of nitrogens with one attached hydrogen (secondary N) is 2. The second-order valence-electron chi connectivity index (χ2n) is 4.32. The third kappa shape index (κ3) is 4.70. The molecule has 102 valence electrons. The van der Waals surface area contributed by atoms with Gasteiger partial charge in [0.2, 0.25) is 5.91 Å². The van der Waals surface area contributed by atoms with Crippen LogP contribution in [-0.4, -0.2) is 54.1 Å². The van der Waals surface area contributed by atoms with E-state index in [0.29, 0.717) is 26.1 Å². The molecule has 1 aliphatic rings. The van der Waals surface area contributed by atoms with Crippen molar-refractivity contribution in [1.29, 1.82) is 0 Å². The van der Waals surface area contributed by atoms with Crippen LogP contribution in [0.5, 0.6) is 0 Å². The molecule has 0 aromatic heterocycles. The molecule has 1 saturated heterocycles. The molecule has 1 heterocycles. The van der Waals surface area contributed by atoms with Gasteiger partial charge in [0.15, 0.2) is 0 Å². The van der Waals surface area contributed by atoms with Gasteiger partial charge < -0.3 is 10.4 Å². The van der Waals surface area contributed by atoms with Crippen molar-refractivity contribution >= 4 is 17.9 Å². The minimum Gasteiger partial charge on any atom is -0.481 e. The van der Waals surface area contributed by atoms with Crippen LogP contribution in [0, 0.1) is 5.92 Å². The van der Waals surface area contributed by atoms with Crippen molar-refractivity contribution in [2.75, 3.05) is 26.2 Å².